The van der Waals surface area contributed by atoms with Gasteiger partial charge in [0.15, 0.2) is 0 Å². The van der Waals surface area contributed by atoms with Crippen LogP contribution in [0.3, 0.4) is 0 Å². The zero-order valence-electron chi connectivity index (χ0n) is 7.84. The number of rotatable bonds is 2. The van der Waals surface area contributed by atoms with E-state index in [2.05, 4.69) is 11.8 Å². The molecule has 1 saturated heterocycles. The predicted octanol–water partition coefficient (Wildman–Crippen LogP) is 1.97. The second-order valence-electron chi connectivity index (χ2n) is 3.85. The summed E-state index contributed by atoms with van der Waals surface area (Å²) in [6.45, 7) is 4.92. The Bertz CT molecular complexity index is 184. The molecule has 1 heterocycles. The normalized spacial score (nSPS) is 32.2. The van der Waals surface area contributed by atoms with Crippen molar-refractivity contribution < 1.29 is 0 Å². The Balaban J connectivity index is 2.41. The molecule has 1 aliphatic heterocycles. The van der Waals surface area contributed by atoms with Gasteiger partial charge < -0.3 is 5.73 Å². The molecule has 0 aliphatic carbocycles. The van der Waals surface area contributed by atoms with E-state index >= 15 is 0 Å². The fraction of sp³-hybridized carbons (Fsp3) is 0.778. The third-order valence-corrected chi connectivity index (χ3v) is 2.86. The Morgan fingerprint density at radius 3 is 2.85 bits per heavy atom. The maximum Gasteiger partial charge on any atom is 0.0434 e. The monoisotopic (exact) mass is 222 g/mol. The van der Waals surface area contributed by atoms with E-state index in [-0.39, 0.29) is 6.04 Å². The molecule has 76 valence electrons. The van der Waals surface area contributed by atoms with E-state index in [0.717, 1.165) is 26.1 Å². The number of hydrogen-bond acceptors (Lipinski definition) is 2. The number of piperidine rings is 1. The molecule has 0 aromatic heterocycles. The van der Waals surface area contributed by atoms with Crippen molar-refractivity contribution in [1.29, 1.82) is 0 Å². The van der Waals surface area contributed by atoms with Crippen molar-refractivity contribution in [2.75, 3.05) is 19.6 Å². The lowest BCUT2D eigenvalue weighted by atomic mass is 9.97. The molecule has 0 spiro atoms. The first kappa shape index (κ1) is 11.3. The summed E-state index contributed by atoms with van der Waals surface area (Å²) in [7, 11) is 0. The Kier molecular flexibility index (Phi) is 4.53. The van der Waals surface area contributed by atoms with Crippen molar-refractivity contribution >= 4 is 23.2 Å². The van der Waals surface area contributed by atoms with Crippen LogP contribution >= 0.6 is 23.2 Å². The summed E-state index contributed by atoms with van der Waals surface area (Å²) in [5, 5.41) is 0.683. The third kappa shape index (κ3) is 3.86. The summed E-state index contributed by atoms with van der Waals surface area (Å²) < 4.78 is 0. The lowest BCUT2D eigenvalue weighted by Gasteiger charge is -2.34. The molecule has 0 amide bonds. The molecule has 2 atom stereocenters. The van der Waals surface area contributed by atoms with E-state index in [1.807, 2.05) is 0 Å². The number of halogens is 2. The van der Waals surface area contributed by atoms with E-state index in [1.165, 1.54) is 5.54 Å². The van der Waals surface area contributed by atoms with Gasteiger partial charge in [0.1, 0.15) is 0 Å². The average molecular weight is 223 g/mol. The number of hydrogen-bond donors (Lipinski definition) is 1. The molecule has 0 aromatic carbocycles. The predicted molar refractivity (Wildman–Crippen MR) is 58.0 cm³/mol. The maximum absolute atomic E-state index is 5.90. The molecular weight excluding hydrogens is 207 g/mol. The molecule has 1 fully saturated rings. The van der Waals surface area contributed by atoms with Crippen LogP contribution in [0.4, 0.5) is 0 Å². The van der Waals surface area contributed by atoms with Gasteiger partial charge in [-0.3, -0.25) is 4.90 Å². The van der Waals surface area contributed by atoms with Crippen LogP contribution in [-0.4, -0.2) is 30.6 Å². The van der Waals surface area contributed by atoms with Crippen LogP contribution in [0.15, 0.2) is 10.6 Å². The summed E-state index contributed by atoms with van der Waals surface area (Å²) in [4.78, 5) is 2.25. The zero-order chi connectivity index (χ0) is 9.84. The number of likely N-dealkylation sites (tertiary alicyclic amines) is 1. The molecule has 1 aliphatic rings. The number of nitrogens with two attached hydrogens (primary N) is 1. The van der Waals surface area contributed by atoms with Gasteiger partial charge in [0.2, 0.25) is 0 Å². The maximum atomic E-state index is 5.90. The van der Waals surface area contributed by atoms with Crippen LogP contribution in [0, 0.1) is 5.92 Å². The molecule has 13 heavy (non-hydrogen) atoms. The molecule has 4 heteroatoms. The van der Waals surface area contributed by atoms with Crippen molar-refractivity contribution in [2.45, 2.75) is 19.4 Å². The number of nitrogens with zero attached hydrogens (tertiary/aromatic N) is 1. The first-order chi connectivity index (χ1) is 6.11. The van der Waals surface area contributed by atoms with Gasteiger partial charge >= 0.3 is 0 Å². The highest BCUT2D eigenvalue weighted by atomic mass is 35.5. The molecule has 2 N–H and O–H groups in total. The van der Waals surface area contributed by atoms with E-state index in [0.29, 0.717) is 11.0 Å². The van der Waals surface area contributed by atoms with Crippen LogP contribution < -0.4 is 5.73 Å². The minimum Gasteiger partial charge on any atom is -0.327 e. The summed E-state index contributed by atoms with van der Waals surface area (Å²) in [6.07, 6.45) is 1.11. The van der Waals surface area contributed by atoms with Gasteiger partial charge in [-0.2, -0.15) is 0 Å². The standard InChI is InChI=1S/C9H16Cl2N2/c1-7-2-9(12)6-13(4-7)5-8(11)3-10/h3,7,9H,2,4-6,12H2,1H3. The Hall–Kier alpha value is 0.240. The highest BCUT2D eigenvalue weighted by molar-refractivity contribution is 6.36. The van der Waals surface area contributed by atoms with Crippen LogP contribution in [0.2, 0.25) is 0 Å². The molecule has 0 saturated carbocycles. The van der Waals surface area contributed by atoms with Gasteiger partial charge in [-0.15, -0.1) is 0 Å². The highest BCUT2D eigenvalue weighted by Crippen LogP contribution is 2.17. The van der Waals surface area contributed by atoms with Gasteiger partial charge in [0.05, 0.1) is 0 Å². The van der Waals surface area contributed by atoms with Crippen molar-refractivity contribution in [3.63, 3.8) is 0 Å². The molecule has 2 nitrogen and oxygen atoms in total. The highest BCUT2D eigenvalue weighted by Gasteiger charge is 2.21. The average Bonchev–Trinajstić information content (AvgIpc) is 2.02. The first-order valence-electron chi connectivity index (χ1n) is 4.54. The van der Waals surface area contributed by atoms with E-state index in [4.69, 9.17) is 28.9 Å². The molecule has 0 radical (unpaired) electrons. The first-order valence-corrected chi connectivity index (χ1v) is 5.36. The van der Waals surface area contributed by atoms with E-state index < -0.39 is 0 Å². The fourth-order valence-electron chi connectivity index (χ4n) is 1.89. The zero-order valence-corrected chi connectivity index (χ0v) is 9.35. The third-order valence-electron chi connectivity index (χ3n) is 2.26. The smallest absolute Gasteiger partial charge is 0.0434 e. The Morgan fingerprint density at radius 1 is 1.62 bits per heavy atom. The molecule has 0 aromatic rings. The minimum absolute atomic E-state index is 0.281. The quantitative estimate of drug-likeness (QED) is 0.775. The lowest BCUT2D eigenvalue weighted by molar-refractivity contribution is 0.180. The molecule has 2 unspecified atom stereocenters. The minimum atomic E-state index is 0.281. The van der Waals surface area contributed by atoms with Crippen LogP contribution in [0.25, 0.3) is 0 Å². The van der Waals surface area contributed by atoms with E-state index in [9.17, 15) is 0 Å². The van der Waals surface area contributed by atoms with Gasteiger partial charge in [-0.1, -0.05) is 30.1 Å². The van der Waals surface area contributed by atoms with Gasteiger partial charge in [0, 0.05) is 36.2 Å². The van der Waals surface area contributed by atoms with Crippen LogP contribution in [0.5, 0.6) is 0 Å². The van der Waals surface area contributed by atoms with Crippen molar-refractivity contribution in [3.8, 4) is 0 Å². The molecule has 0 bridgehead atoms. The van der Waals surface area contributed by atoms with Crippen molar-refractivity contribution in [2.24, 2.45) is 11.7 Å². The molecule has 1 rings (SSSR count). The van der Waals surface area contributed by atoms with Crippen LogP contribution in [-0.2, 0) is 0 Å². The summed E-state index contributed by atoms with van der Waals surface area (Å²) in [5.41, 5.74) is 7.32. The van der Waals surface area contributed by atoms with Gasteiger partial charge in [0.25, 0.3) is 0 Å². The van der Waals surface area contributed by atoms with Gasteiger partial charge in [-0.25, -0.2) is 0 Å². The fourth-order valence-corrected chi connectivity index (χ4v) is 2.13. The van der Waals surface area contributed by atoms with E-state index in [1.54, 1.807) is 0 Å². The second-order valence-corrected chi connectivity index (χ2v) is 4.55. The lowest BCUT2D eigenvalue weighted by Crippen LogP contribution is -2.46. The topological polar surface area (TPSA) is 29.3 Å². The second kappa shape index (κ2) is 5.20. The molecular formula is C9H16Cl2N2. The largest absolute Gasteiger partial charge is 0.327 e. The van der Waals surface area contributed by atoms with Gasteiger partial charge in [-0.05, 0) is 12.3 Å². The van der Waals surface area contributed by atoms with Crippen molar-refractivity contribution in [3.05, 3.63) is 10.6 Å². The summed E-state index contributed by atoms with van der Waals surface area (Å²) >= 11 is 11.3. The summed E-state index contributed by atoms with van der Waals surface area (Å²) in [5.74, 6) is 0.656. The summed E-state index contributed by atoms with van der Waals surface area (Å²) in [6, 6.07) is 0.281. The SMILES string of the molecule is CC1CC(N)CN(CC(Cl)=CCl)C1. The van der Waals surface area contributed by atoms with Crippen molar-refractivity contribution in [1.82, 2.24) is 4.90 Å². The van der Waals surface area contributed by atoms with Crippen LogP contribution in [0.1, 0.15) is 13.3 Å². The Labute approximate surface area is 89.7 Å². The Morgan fingerprint density at radius 2 is 2.31 bits per heavy atom.